The molecule has 3 saturated carbocycles. The van der Waals surface area contributed by atoms with Crippen LogP contribution in [0.25, 0.3) is 0 Å². The summed E-state index contributed by atoms with van der Waals surface area (Å²) in [4.78, 5) is 15.0. The second kappa shape index (κ2) is 11.8. The van der Waals surface area contributed by atoms with Gasteiger partial charge in [0.1, 0.15) is 6.04 Å². The Bertz CT molecular complexity index is 1410. The second-order valence-corrected chi connectivity index (χ2v) is 19.5. The number of nitrogens with zero attached hydrogens (tertiary/aromatic N) is 4. The lowest BCUT2D eigenvalue weighted by Gasteiger charge is -2.70. The topological polar surface area (TPSA) is 162 Å². The summed E-state index contributed by atoms with van der Waals surface area (Å²) in [5.41, 5.74) is 11.5. The van der Waals surface area contributed by atoms with Crippen LogP contribution < -0.4 is 11.5 Å². The van der Waals surface area contributed by atoms with Gasteiger partial charge in [0.2, 0.25) is 0 Å². The number of aliphatic hydroxyl groups excluding tert-OH is 1. The van der Waals surface area contributed by atoms with Gasteiger partial charge >= 0.3 is 5.97 Å². The smallest absolute Gasteiger partial charge is 0.307 e. The minimum Gasteiger partial charge on any atom is -0.481 e. The average Bonchev–Trinajstić information content (AvgIpc) is 3.41. The second-order valence-electron chi connectivity index (χ2n) is 19.5. The van der Waals surface area contributed by atoms with Crippen molar-refractivity contribution in [3.05, 3.63) is 11.6 Å². The number of hydrogen-bond acceptors (Lipinski definition) is 8. The van der Waals surface area contributed by atoms with E-state index in [1.54, 1.807) is 4.80 Å². The summed E-state index contributed by atoms with van der Waals surface area (Å²) in [5.74, 6) is -0.0791. The van der Waals surface area contributed by atoms with Crippen molar-refractivity contribution in [1.82, 2.24) is 20.2 Å². The van der Waals surface area contributed by atoms with Crippen LogP contribution in [0, 0.1) is 62.1 Å². The Morgan fingerprint density at radius 2 is 1.73 bits per heavy atom. The molecule has 272 valence electrons. The maximum absolute atomic E-state index is 13.4. The lowest BCUT2D eigenvalue weighted by molar-refractivity contribution is -0.210. The van der Waals surface area contributed by atoms with Gasteiger partial charge in [-0.05, 0) is 101 Å². The largest absolute Gasteiger partial charge is 0.481 e. The Labute approximate surface area is 289 Å². The lowest BCUT2D eigenvalue weighted by atomic mass is 9.34. The molecule has 6 N–H and O–H groups in total. The van der Waals surface area contributed by atoms with E-state index in [0.29, 0.717) is 25.4 Å². The highest BCUT2D eigenvalue weighted by Crippen LogP contribution is 2.74. The number of rotatable bonds is 8. The number of tetrazole rings is 1. The van der Waals surface area contributed by atoms with Crippen molar-refractivity contribution in [2.45, 2.75) is 139 Å². The van der Waals surface area contributed by atoms with Crippen LogP contribution in [0.3, 0.4) is 0 Å². The third-order valence-corrected chi connectivity index (χ3v) is 15.8. The zero-order chi connectivity index (χ0) is 36.0. The van der Waals surface area contributed by atoms with Crippen LogP contribution in [0.2, 0.25) is 0 Å². The Kier molecular flexibility index (Phi) is 9.12. The Morgan fingerprint density at radius 3 is 2.25 bits per heavy atom. The summed E-state index contributed by atoms with van der Waals surface area (Å²) in [5, 5.41) is 35.6. The van der Waals surface area contributed by atoms with E-state index in [1.165, 1.54) is 5.57 Å². The highest BCUT2D eigenvalue weighted by molar-refractivity contribution is 5.73. The van der Waals surface area contributed by atoms with E-state index < -0.39 is 33.7 Å². The predicted molar refractivity (Wildman–Crippen MR) is 189 cm³/mol. The fourth-order valence-electron chi connectivity index (χ4n) is 11.6. The fourth-order valence-corrected chi connectivity index (χ4v) is 11.6. The van der Waals surface area contributed by atoms with Gasteiger partial charge in [-0.25, -0.2) is 0 Å². The number of anilines is 1. The molecule has 0 unspecified atom stereocenters. The van der Waals surface area contributed by atoms with E-state index in [9.17, 15) is 15.0 Å². The number of fused-ring (bicyclic) bond motifs is 5. The zero-order valence-corrected chi connectivity index (χ0v) is 31.9. The minimum absolute atomic E-state index is 0.00925. The third-order valence-electron chi connectivity index (χ3n) is 15.8. The van der Waals surface area contributed by atoms with E-state index >= 15 is 0 Å². The van der Waals surface area contributed by atoms with E-state index in [4.69, 9.17) is 16.2 Å². The molecule has 3 fully saturated rings. The van der Waals surface area contributed by atoms with Crippen LogP contribution in [0.15, 0.2) is 11.6 Å². The molecule has 0 spiro atoms. The maximum Gasteiger partial charge on any atom is 0.307 e. The van der Waals surface area contributed by atoms with Gasteiger partial charge < -0.3 is 26.4 Å². The Morgan fingerprint density at radius 1 is 1.08 bits per heavy atom. The molecule has 0 radical (unpaired) electrons. The fraction of sp³-hybridized carbons (Fsp3) is 0.895. The molecule has 1 heterocycles. The number of carboxylic acid groups (broad SMARTS) is 1. The molecule has 0 aliphatic heterocycles. The Balaban J connectivity index is 1.61. The quantitative estimate of drug-likeness (QED) is 0.226. The highest BCUT2D eigenvalue weighted by Gasteiger charge is 2.70. The highest BCUT2D eigenvalue weighted by atomic mass is 16.5. The summed E-state index contributed by atoms with van der Waals surface area (Å²) in [6.07, 6.45) is 7.04. The third kappa shape index (κ3) is 5.20. The molecule has 4 aliphatic rings. The predicted octanol–water partition coefficient (Wildman–Crippen LogP) is 6.52. The molecule has 0 amide bonds. The number of aliphatic hydroxyl groups is 1. The molecule has 10 nitrogen and oxygen atoms in total. The van der Waals surface area contributed by atoms with Crippen molar-refractivity contribution in [3.8, 4) is 0 Å². The van der Waals surface area contributed by atoms with Crippen LogP contribution in [0.5, 0.6) is 0 Å². The molecule has 1 aromatic rings. The van der Waals surface area contributed by atoms with Gasteiger partial charge in [-0.3, -0.25) is 4.79 Å². The molecule has 0 bridgehead atoms. The molecular formula is C38H66N6O4. The summed E-state index contributed by atoms with van der Waals surface area (Å²) in [6.45, 7) is 26.9. The van der Waals surface area contributed by atoms with Crippen LogP contribution in [-0.2, 0) is 9.53 Å². The standard InChI is InChI=1S/C38H66N6O4/c1-22(2)23(3)34(9)17-18-35(10)24-13-14-27-33(7,8)29(48-21-37(12,40)32(4,5)6)26(44-42-31(39)41-43-44)19-38(27,20-45)25(24)15-16-36(35,11)28(34)30(46)47/h15,22-24,26-29,45H,13-14,16-21,40H2,1-12H3,(H2,39,42)(H,46,47)/t23-,24+,26-,27+,28-,29+,34-,35-,36+,37-,38+/m1/s1. The number of hydrogen-bond donors (Lipinski definition) is 4. The number of carboxylic acids is 1. The first-order valence-corrected chi connectivity index (χ1v) is 18.4. The normalized spacial score (nSPS) is 41.4. The van der Waals surface area contributed by atoms with Crippen molar-refractivity contribution in [3.63, 3.8) is 0 Å². The SMILES string of the molecule is CC(C)[C@@H](C)[C@@]1(C)CC[C@]2(C)[C@H]3CC[C@H]4C(C)(C)[C@@H](OC[C@@](C)(N)C(C)(C)C)[C@H](n5nnc(N)n5)C[C@]4(CO)C3=CC[C@@]2(C)[C@@H]1C(=O)O. The maximum atomic E-state index is 13.4. The van der Waals surface area contributed by atoms with Crippen LogP contribution in [0.1, 0.15) is 128 Å². The van der Waals surface area contributed by atoms with Gasteiger partial charge in [0.15, 0.2) is 0 Å². The Hall–Kier alpha value is -2.04. The number of ether oxygens (including phenoxy) is 1. The number of allylic oxidation sites excluding steroid dienone is 1. The van der Waals surface area contributed by atoms with Crippen LogP contribution in [-0.4, -0.2) is 61.2 Å². The number of aromatic nitrogens is 4. The molecule has 1 aromatic heterocycles. The number of aliphatic carboxylic acids is 1. The summed E-state index contributed by atoms with van der Waals surface area (Å²) < 4.78 is 6.91. The molecule has 0 saturated heterocycles. The van der Waals surface area contributed by atoms with E-state index in [1.807, 2.05) is 6.92 Å². The van der Waals surface area contributed by atoms with E-state index in [0.717, 1.165) is 25.7 Å². The van der Waals surface area contributed by atoms with Gasteiger partial charge in [-0.15, -0.1) is 5.10 Å². The van der Waals surface area contributed by atoms with Gasteiger partial charge in [0.05, 0.1) is 25.2 Å². The molecule has 11 atom stereocenters. The monoisotopic (exact) mass is 671 g/mol. The average molecular weight is 671 g/mol. The van der Waals surface area contributed by atoms with Gasteiger partial charge in [-0.2, -0.15) is 4.80 Å². The molecule has 48 heavy (non-hydrogen) atoms. The first-order valence-electron chi connectivity index (χ1n) is 18.4. The van der Waals surface area contributed by atoms with Crippen molar-refractivity contribution < 1.29 is 19.7 Å². The molecular weight excluding hydrogens is 604 g/mol. The summed E-state index contributed by atoms with van der Waals surface area (Å²) in [7, 11) is 0. The van der Waals surface area contributed by atoms with E-state index in [2.05, 4.69) is 97.6 Å². The van der Waals surface area contributed by atoms with Crippen molar-refractivity contribution in [2.24, 2.45) is 67.8 Å². The van der Waals surface area contributed by atoms with Crippen molar-refractivity contribution in [2.75, 3.05) is 18.9 Å². The van der Waals surface area contributed by atoms with Crippen LogP contribution >= 0.6 is 0 Å². The van der Waals surface area contributed by atoms with Crippen LogP contribution in [0.4, 0.5) is 5.95 Å². The van der Waals surface area contributed by atoms with Gasteiger partial charge in [0.25, 0.3) is 5.95 Å². The molecule has 10 heteroatoms. The molecule has 5 rings (SSSR count). The number of nitrogen functional groups attached to an aromatic ring is 1. The minimum atomic E-state index is -0.670. The molecule has 0 aromatic carbocycles. The first kappa shape index (κ1) is 37.2. The van der Waals surface area contributed by atoms with Gasteiger partial charge in [0, 0.05) is 11.0 Å². The number of carbonyl (C=O) groups is 1. The zero-order valence-electron chi connectivity index (χ0n) is 31.9. The van der Waals surface area contributed by atoms with E-state index in [-0.39, 0.29) is 58.7 Å². The molecule has 4 aliphatic carbocycles. The summed E-state index contributed by atoms with van der Waals surface area (Å²) >= 11 is 0. The van der Waals surface area contributed by atoms with Crippen molar-refractivity contribution in [1.29, 1.82) is 0 Å². The summed E-state index contributed by atoms with van der Waals surface area (Å²) in [6, 6.07) is -0.335. The van der Waals surface area contributed by atoms with Crippen molar-refractivity contribution >= 4 is 11.9 Å². The lowest BCUT2D eigenvalue weighted by Crippen LogP contribution is -2.66. The number of nitrogens with two attached hydrogens (primary N) is 2. The first-order chi connectivity index (χ1) is 21.9. The van der Waals surface area contributed by atoms with Gasteiger partial charge in [-0.1, -0.05) is 92.9 Å².